The number of carbonyl (C=O) groups is 2. The molecule has 6 heteroatoms. The number of nitrogens with zero attached hydrogens (tertiary/aromatic N) is 1. The van der Waals surface area contributed by atoms with E-state index >= 15 is 0 Å². The zero-order valence-electron chi connectivity index (χ0n) is 22.4. The third-order valence-corrected chi connectivity index (χ3v) is 7.37. The molecule has 1 saturated carbocycles. The van der Waals surface area contributed by atoms with Gasteiger partial charge in [0.15, 0.2) is 5.78 Å². The molecule has 1 unspecified atom stereocenters. The average Bonchev–Trinajstić information content (AvgIpc) is 2.94. The van der Waals surface area contributed by atoms with Crippen LogP contribution in [0.15, 0.2) is 102 Å². The molecule has 3 aromatic carbocycles. The molecule has 200 valence electrons. The number of ketones is 1. The Labute approximate surface area is 229 Å². The van der Waals surface area contributed by atoms with E-state index in [1.54, 1.807) is 49.4 Å². The Balaban J connectivity index is 1.51. The fourth-order valence-electron chi connectivity index (χ4n) is 5.09. The van der Waals surface area contributed by atoms with Gasteiger partial charge in [0.1, 0.15) is 5.82 Å². The van der Waals surface area contributed by atoms with Crippen molar-refractivity contribution < 1.29 is 14.0 Å². The quantitative estimate of drug-likeness (QED) is 0.150. The minimum Gasteiger partial charge on any atom is -0.387 e. The van der Waals surface area contributed by atoms with Crippen LogP contribution in [0.5, 0.6) is 0 Å². The van der Waals surface area contributed by atoms with Crippen LogP contribution in [-0.2, 0) is 10.2 Å². The second-order valence-corrected chi connectivity index (χ2v) is 10.1. The summed E-state index contributed by atoms with van der Waals surface area (Å²) < 4.78 is 13.7. The van der Waals surface area contributed by atoms with Gasteiger partial charge in [0.25, 0.3) is 0 Å². The van der Waals surface area contributed by atoms with Gasteiger partial charge in [-0.2, -0.15) is 0 Å². The van der Waals surface area contributed by atoms with E-state index in [9.17, 15) is 14.0 Å². The lowest BCUT2D eigenvalue weighted by molar-refractivity contribution is -0.128. The van der Waals surface area contributed by atoms with E-state index in [1.807, 2.05) is 37.3 Å². The summed E-state index contributed by atoms with van der Waals surface area (Å²) in [6.45, 7) is 7.56. The maximum Gasteiger partial charge on any atom is 0.231 e. The number of nitrogens with one attached hydrogen (secondary N) is 1. The topological polar surface area (TPSA) is 84.5 Å². The molecule has 0 spiro atoms. The molecule has 1 fully saturated rings. The van der Waals surface area contributed by atoms with Gasteiger partial charge in [-0.3, -0.25) is 9.59 Å². The van der Waals surface area contributed by atoms with Crippen LogP contribution >= 0.6 is 0 Å². The van der Waals surface area contributed by atoms with Crippen LogP contribution in [0, 0.1) is 5.82 Å². The predicted molar refractivity (Wildman–Crippen MR) is 155 cm³/mol. The molecule has 0 aromatic heterocycles. The maximum absolute atomic E-state index is 13.8. The Morgan fingerprint density at radius 1 is 0.974 bits per heavy atom. The van der Waals surface area contributed by atoms with E-state index in [2.05, 4.69) is 16.9 Å². The van der Waals surface area contributed by atoms with Gasteiger partial charge in [-0.05, 0) is 74.4 Å². The Bertz CT molecular complexity index is 1390. The van der Waals surface area contributed by atoms with Crippen molar-refractivity contribution in [1.29, 1.82) is 0 Å². The number of allylic oxidation sites excluding steroid dienone is 2. The van der Waals surface area contributed by atoms with Crippen molar-refractivity contribution in [2.45, 2.75) is 51.0 Å². The molecule has 1 atom stereocenters. The largest absolute Gasteiger partial charge is 0.387 e. The van der Waals surface area contributed by atoms with Crippen molar-refractivity contribution in [3.63, 3.8) is 0 Å². The molecular formula is C33H34FN3O2. The Morgan fingerprint density at radius 3 is 2.15 bits per heavy atom. The number of hydrogen-bond acceptors (Lipinski definition) is 3. The summed E-state index contributed by atoms with van der Waals surface area (Å²) in [6.07, 6.45) is 3.93. The van der Waals surface area contributed by atoms with Crippen LogP contribution in [0.3, 0.4) is 0 Å². The third-order valence-electron chi connectivity index (χ3n) is 7.37. The molecule has 3 aromatic rings. The zero-order valence-corrected chi connectivity index (χ0v) is 22.4. The summed E-state index contributed by atoms with van der Waals surface area (Å²) in [5.41, 5.74) is 9.53. The van der Waals surface area contributed by atoms with E-state index in [4.69, 9.17) is 5.73 Å². The van der Waals surface area contributed by atoms with Gasteiger partial charge in [0.2, 0.25) is 5.91 Å². The first-order valence-electron chi connectivity index (χ1n) is 13.1. The number of halogens is 1. The molecule has 3 N–H and O–H groups in total. The van der Waals surface area contributed by atoms with Crippen molar-refractivity contribution in [1.82, 2.24) is 5.32 Å². The number of nitrogens with two attached hydrogens (primary N) is 1. The molecule has 39 heavy (non-hydrogen) atoms. The van der Waals surface area contributed by atoms with Crippen LogP contribution < -0.4 is 11.1 Å². The van der Waals surface area contributed by atoms with Crippen LogP contribution in [0.2, 0.25) is 0 Å². The highest BCUT2D eigenvalue weighted by atomic mass is 19.1. The van der Waals surface area contributed by atoms with E-state index in [0.717, 1.165) is 22.3 Å². The number of benzene rings is 3. The summed E-state index contributed by atoms with van der Waals surface area (Å²) in [5.74, 6) is -0.0882. The number of rotatable bonds is 8. The van der Waals surface area contributed by atoms with E-state index in [0.29, 0.717) is 42.8 Å². The SMILES string of the molecule is C=C(N=C(C)N)c1ccc(C(=O)C=C2CCC(C(=O)NC(C)c3ccccc3)(c3ccc(F)cc3)CC2)cc1. The fourth-order valence-corrected chi connectivity index (χ4v) is 5.09. The van der Waals surface area contributed by atoms with Gasteiger partial charge in [0.05, 0.1) is 23.0 Å². The maximum atomic E-state index is 13.8. The van der Waals surface area contributed by atoms with Gasteiger partial charge in [-0.25, -0.2) is 9.38 Å². The molecule has 0 aliphatic heterocycles. The molecule has 0 radical (unpaired) electrons. The minimum absolute atomic E-state index is 0.0815. The van der Waals surface area contributed by atoms with Crippen LogP contribution in [0.4, 0.5) is 4.39 Å². The summed E-state index contributed by atoms with van der Waals surface area (Å²) >= 11 is 0. The minimum atomic E-state index is -0.805. The van der Waals surface area contributed by atoms with E-state index in [1.165, 1.54) is 12.1 Å². The van der Waals surface area contributed by atoms with E-state index < -0.39 is 5.41 Å². The fraction of sp³-hybridized carbons (Fsp3) is 0.242. The first kappa shape index (κ1) is 27.7. The Morgan fingerprint density at radius 2 is 1.56 bits per heavy atom. The molecule has 1 aliphatic rings. The normalized spacial score (nSPS) is 18.2. The molecule has 0 saturated heterocycles. The lowest BCUT2D eigenvalue weighted by Gasteiger charge is -2.38. The molecule has 0 bridgehead atoms. The van der Waals surface area contributed by atoms with Crippen LogP contribution in [0.1, 0.15) is 72.6 Å². The van der Waals surface area contributed by atoms with Gasteiger partial charge in [-0.15, -0.1) is 0 Å². The van der Waals surface area contributed by atoms with Gasteiger partial charge < -0.3 is 11.1 Å². The second-order valence-electron chi connectivity index (χ2n) is 10.1. The highest BCUT2D eigenvalue weighted by molar-refractivity contribution is 6.05. The molecule has 0 heterocycles. The lowest BCUT2D eigenvalue weighted by atomic mass is 9.67. The third kappa shape index (κ3) is 6.58. The highest BCUT2D eigenvalue weighted by Crippen LogP contribution is 2.42. The van der Waals surface area contributed by atoms with E-state index in [-0.39, 0.29) is 23.5 Å². The molecule has 4 rings (SSSR count). The summed E-state index contributed by atoms with van der Waals surface area (Å²) in [6, 6.07) is 23.0. The number of amidine groups is 1. The van der Waals surface area contributed by atoms with Gasteiger partial charge in [0, 0.05) is 5.56 Å². The smallest absolute Gasteiger partial charge is 0.231 e. The van der Waals surface area contributed by atoms with Crippen LogP contribution in [0.25, 0.3) is 5.70 Å². The standard InChI is InChI=1S/C33H34FN3O2/c1-22(36-24(3)35)27-9-11-28(12-10-27)31(38)21-25-17-19-33(20-18-25,29-13-15-30(34)16-14-29)32(39)37-23(2)26-7-5-4-6-8-26/h4-16,21,23H,1,17-20H2,2-3H3,(H2,35,36)(H,37,39). The van der Waals surface area contributed by atoms with Crippen molar-refractivity contribution in [2.24, 2.45) is 10.7 Å². The highest BCUT2D eigenvalue weighted by Gasteiger charge is 2.42. The molecule has 1 aliphatic carbocycles. The zero-order chi connectivity index (χ0) is 28.0. The first-order valence-corrected chi connectivity index (χ1v) is 13.1. The lowest BCUT2D eigenvalue weighted by Crippen LogP contribution is -2.46. The average molecular weight is 524 g/mol. The van der Waals surface area contributed by atoms with Gasteiger partial charge in [-0.1, -0.05) is 78.9 Å². The van der Waals surface area contributed by atoms with Crippen molar-refractivity contribution >= 4 is 23.2 Å². The first-order chi connectivity index (χ1) is 18.7. The Hall–Kier alpha value is -4.32. The molecular weight excluding hydrogens is 489 g/mol. The summed E-state index contributed by atoms with van der Waals surface area (Å²) in [4.78, 5) is 30.9. The monoisotopic (exact) mass is 523 g/mol. The van der Waals surface area contributed by atoms with Crippen molar-refractivity contribution in [3.8, 4) is 0 Å². The van der Waals surface area contributed by atoms with Crippen molar-refractivity contribution in [2.75, 3.05) is 0 Å². The number of carbonyl (C=O) groups excluding carboxylic acids is 2. The number of aliphatic imine (C=N–C) groups is 1. The Kier molecular flexibility index (Phi) is 8.55. The second kappa shape index (κ2) is 12.0. The van der Waals surface area contributed by atoms with Crippen molar-refractivity contribution in [3.05, 3.63) is 125 Å². The summed E-state index contributed by atoms with van der Waals surface area (Å²) in [5, 5.41) is 3.18. The van der Waals surface area contributed by atoms with Crippen LogP contribution in [-0.4, -0.2) is 17.5 Å². The summed E-state index contributed by atoms with van der Waals surface area (Å²) in [7, 11) is 0. The molecule has 5 nitrogen and oxygen atoms in total. The van der Waals surface area contributed by atoms with Gasteiger partial charge >= 0.3 is 0 Å². The predicted octanol–water partition coefficient (Wildman–Crippen LogP) is 6.67. The molecule has 1 amide bonds. The number of hydrogen-bond donors (Lipinski definition) is 2. The number of amides is 1.